The molecule has 0 aliphatic heterocycles. The minimum atomic E-state index is -0.977. The van der Waals surface area contributed by atoms with Gasteiger partial charge in [0.25, 0.3) is 0 Å². The maximum atomic E-state index is 10.7. The van der Waals surface area contributed by atoms with Crippen molar-refractivity contribution in [1.29, 1.82) is 0 Å². The highest BCUT2D eigenvalue weighted by molar-refractivity contribution is 7.99. The highest BCUT2D eigenvalue weighted by atomic mass is 32.2. The summed E-state index contributed by atoms with van der Waals surface area (Å²) in [4.78, 5) is 11.8. The number of thioether (sulfide) groups is 1. The molecule has 0 aromatic heterocycles. The fourth-order valence-electron chi connectivity index (χ4n) is 3.61. The molecule has 0 heterocycles. The second kappa shape index (κ2) is 12.9. The Morgan fingerprint density at radius 3 is 2.15 bits per heavy atom. The standard InChI is InChI=1S/C28H32O5S/c1-4-5-24(16-17-34-26-14-15-27(20(2)18-26)32-19-28(29)30)33-25-12-8-22(9-13-25)21-6-10-23(31-3)11-7-21/h6-15,18,24H,4-5,16-17,19H2,1-3H3,(H,29,30)/t24-/m1/s1. The Hall–Kier alpha value is -3.12. The molecule has 5 nitrogen and oxygen atoms in total. The highest BCUT2D eigenvalue weighted by Crippen LogP contribution is 2.28. The lowest BCUT2D eigenvalue weighted by molar-refractivity contribution is -0.139. The summed E-state index contributed by atoms with van der Waals surface area (Å²) >= 11 is 1.77. The monoisotopic (exact) mass is 480 g/mol. The maximum Gasteiger partial charge on any atom is 0.341 e. The fraction of sp³-hybridized carbons (Fsp3) is 0.321. The summed E-state index contributed by atoms with van der Waals surface area (Å²) in [6.45, 7) is 3.78. The Labute approximate surface area is 206 Å². The Kier molecular flexibility index (Phi) is 9.71. The highest BCUT2D eigenvalue weighted by Gasteiger charge is 2.11. The Morgan fingerprint density at radius 1 is 0.941 bits per heavy atom. The van der Waals surface area contributed by atoms with Crippen molar-refractivity contribution in [3.05, 3.63) is 72.3 Å². The van der Waals surface area contributed by atoms with Crippen LogP contribution in [-0.4, -0.2) is 36.6 Å². The first-order chi connectivity index (χ1) is 16.5. The second-order valence-corrected chi connectivity index (χ2v) is 9.20. The largest absolute Gasteiger partial charge is 0.497 e. The van der Waals surface area contributed by atoms with Crippen LogP contribution in [0, 0.1) is 6.92 Å². The molecule has 0 fully saturated rings. The van der Waals surface area contributed by atoms with Gasteiger partial charge in [-0.3, -0.25) is 0 Å². The second-order valence-electron chi connectivity index (χ2n) is 8.03. The van der Waals surface area contributed by atoms with Crippen molar-refractivity contribution >= 4 is 17.7 Å². The Bertz CT molecular complexity index is 1050. The molecular formula is C28H32O5S. The van der Waals surface area contributed by atoms with Crippen LogP contribution in [0.25, 0.3) is 11.1 Å². The van der Waals surface area contributed by atoms with Crippen LogP contribution in [0.1, 0.15) is 31.7 Å². The number of aryl methyl sites for hydroxylation is 1. The zero-order valence-corrected chi connectivity index (χ0v) is 20.8. The molecule has 3 aromatic carbocycles. The molecule has 0 saturated carbocycles. The predicted octanol–water partition coefficient (Wildman–Crippen LogP) is 6.86. The van der Waals surface area contributed by atoms with Gasteiger partial charge in [0.1, 0.15) is 17.2 Å². The summed E-state index contributed by atoms with van der Waals surface area (Å²) in [5.41, 5.74) is 3.22. The van der Waals surface area contributed by atoms with E-state index in [1.165, 1.54) is 0 Å². The van der Waals surface area contributed by atoms with Gasteiger partial charge < -0.3 is 19.3 Å². The average molecular weight is 481 g/mol. The summed E-state index contributed by atoms with van der Waals surface area (Å²) in [5.74, 6) is 2.30. The van der Waals surface area contributed by atoms with E-state index in [1.807, 2.05) is 49.4 Å². The SMILES string of the molecule is CCC[C@H](CCSc1ccc(OCC(=O)O)c(C)c1)Oc1ccc(-c2ccc(OC)cc2)cc1. The maximum absolute atomic E-state index is 10.7. The van der Waals surface area contributed by atoms with Gasteiger partial charge in [-0.05, 0) is 78.9 Å². The number of hydrogen-bond donors (Lipinski definition) is 1. The normalized spacial score (nSPS) is 11.6. The third kappa shape index (κ3) is 7.73. The van der Waals surface area contributed by atoms with E-state index in [1.54, 1.807) is 18.9 Å². The van der Waals surface area contributed by atoms with E-state index in [0.29, 0.717) is 5.75 Å². The molecule has 0 amide bonds. The van der Waals surface area contributed by atoms with Gasteiger partial charge in [0, 0.05) is 10.6 Å². The van der Waals surface area contributed by atoms with E-state index in [-0.39, 0.29) is 12.7 Å². The number of methoxy groups -OCH3 is 1. The molecule has 0 saturated heterocycles. The molecule has 0 aliphatic carbocycles. The number of rotatable bonds is 13. The van der Waals surface area contributed by atoms with Crippen molar-refractivity contribution in [2.75, 3.05) is 19.5 Å². The van der Waals surface area contributed by atoms with Crippen LogP contribution in [0.15, 0.2) is 71.6 Å². The molecule has 0 unspecified atom stereocenters. The van der Waals surface area contributed by atoms with Crippen molar-refractivity contribution in [2.45, 2.75) is 44.1 Å². The van der Waals surface area contributed by atoms with E-state index in [9.17, 15) is 4.79 Å². The minimum absolute atomic E-state index is 0.156. The fourth-order valence-corrected chi connectivity index (χ4v) is 4.65. The van der Waals surface area contributed by atoms with Crippen LogP contribution in [0.2, 0.25) is 0 Å². The van der Waals surface area contributed by atoms with Crippen molar-refractivity contribution in [3.63, 3.8) is 0 Å². The molecule has 3 rings (SSSR count). The molecule has 34 heavy (non-hydrogen) atoms. The van der Waals surface area contributed by atoms with E-state index in [2.05, 4.69) is 31.2 Å². The number of hydrogen-bond acceptors (Lipinski definition) is 5. The molecule has 1 N–H and O–H groups in total. The lowest BCUT2D eigenvalue weighted by Crippen LogP contribution is -2.17. The summed E-state index contributed by atoms with van der Waals surface area (Å²) in [5, 5.41) is 8.78. The summed E-state index contributed by atoms with van der Waals surface area (Å²) in [6, 6.07) is 22.1. The third-order valence-electron chi connectivity index (χ3n) is 5.40. The van der Waals surface area contributed by atoms with E-state index in [0.717, 1.165) is 58.1 Å². The molecule has 0 aliphatic rings. The van der Waals surface area contributed by atoms with Crippen LogP contribution in [0.5, 0.6) is 17.2 Å². The van der Waals surface area contributed by atoms with Gasteiger partial charge in [-0.1, -0.05) is 37.6 Å². The summed E-state index contributed by atoms with van der Waals surface area (Å²) in [7, 11) is 1.67. The topological polar surface area (TPSA) is 65.0 Å². The Balaban J connectivity index is 1.53. The minimum Gasteiger partial charge on any atom is -0.497 e. The van der Waals surface area contributed by atoms with Gasteiger partial charge >= 0.3 is 5.97 Å². The molecule has 0 bridgehead atoms. The zero-order chi connectivity index (χ0) is 24.3. The molecular weight excluding hydrogens is 448 g/mol. The summed E-state index contributed by atoms with van der Waals surface area (Å²) < 4.78 is 16.8. The molecule has 0 spiro atoms. The number of benzene rings is 3. The predicted molar refractivity (Wildman–Crippen MR) is 137 cm³/mol. The molecule has 180 valence electrons. The van der Waals surface area contributed by atoms with Gasteiger partial charge in [-0.2, -0.15) is 0 Å². The molecule has 0 radical (unpaired) electrons. The van der Waals surface area contributed by atoms with E-state index in [4.69, 9.17) is 19.3 Å². The van der Waals surface area contributed by atoms with Gasteiger partial charge in [0.05, 0.1) is 13.2 Å². The summed E-state index contributed by atoms with van der Waals surface area (Å²) in [6.07, 6.45) is 3.16. The van der Waals surface area contributed by atoms with Crippen LogP contribution in [0.4, 0.5) is 0 Å². The van der Waals surface area contributed by atoms with Crippen LogP contribution in [0.3, 0.4) is 0 Å². The molecule has 3 aromatic rings. The Morgan fingerprint density at radius 2 is 1.59 bits per heavy atom. The van der Waals surface area contributed by atoms with Gasteiger partial charge in [0.15, 0.2) is 6.61 Å². The first-order valence-corrected chi connectivity index (χ1v) is 12.5. The van der Waals surface area contributed by atoms with Crippen molar-refractivity contribution in [1.82, 2.24) is 0 Å². The van der Waals surface area contributed by atoms with Crippen LogP contribution >= 0.6 is 11.8 Å². The first-order valence-electron chi connectivity index (χ1n) is 11.5. The van der Waals surface area contributed by atoms with Crippen molar-refractivity contribution in [3.8, 4) is 28.4 Å². The molecule has 1 atom stereocenters. The van der Waals surface area contributed by atoms with E-state index >= 15 is 0 Å². The lowest BCUT2D eigenvalue weighted by Gasteiger charge is -2.19. The van der Waals surface area contributed by atoms with Crippen molar-refractivity contribution < 1.29 is 24.1 Å². The average Bonchev–Trinajstić information content (AvgIpc) is 2.84. The number of carboxylic acid groups (broad SMARTS) is 1. The van der Waals surface area contributed by atoms with Crippen molar-refractivity contribution in [2.24, 2.45) is 0 Å². The number of aliphatic carboxylic acids is 1. The quantitative estimate of drug-likeness (QED) is 0.270. The molecule has 6 heteroatoms. The van der Waals surface area contributed by atoms with Gasteiger partial charge in [-0.25, -0.2) is 4.79 Å². The first kappa shape index (κ1) is 25.5. The zero-order valence-electron chi connectivity index (χ0n) is 20.0. The van der Waals surface area contributed by atoms with Gasteiger partial charge in [-0.15, -0.1) is 11.8 Å². The lowest BCUT2D eigenvalue weighted by atomic mass is 10.1. The van der Waals surface area contributed by atoms with Crippen LogP contribution in [-0.2, 0) is 4.79 Å². The van der Waals surface area contributed by atoms with Gasteiger partial charge in [0.2, 0.25) is 0 Å². The smallest absolute Gasteiger partial charge is 0.341 e. The van der Waals surface area contributed by atoms with Crippen LogP contribution < -0.4 is 14.2 Å². The number of carbonyl (C=O) groups is 1. The number of carboxylic acids is 1. The third-order valence-corrected chi connectivity index (χ3v) is 6.42. The van der Waals surface area contributed by atoms with E-state index < -0.39 is 5.97 Å². The number of ether oxygens (including phenoxy) is 3.